The van der Waals surface area contributed by atoms with Gasteiger partial charge in [0.1, 0.15) is 17.7 Å². The molecule has 0 radical (unpaired) electrons. The van der Waals surface area contributed by atoms with Crippen molar-refractivity contribution in [3.05, 3.63) is 64.2 Å². The fraction of sp³-hybridized carbons (Fsp3) is 0.545. The van der Waals surface area contributed by atoms with Crippen LogP contribution in [0, 0.1) is 33.6 Å². The van der Waals surface area contributed by atoms with Gasteiger partial charge in [0.15, 0.2) is 0 Å². The van der Waals surface area contributed by atoms with E-state index < -0.39 is 23.8 Å². The predicted octanol–water partition coefficient (Wildman–Crippen LogP) is 7.17. The normalized spacial score (nSPS) is 14.5. The van der Waals surface area contributed by atoms with E-state index in [2.05, 4.69) is 10.6 Å². The number of nitrogens with one attached hydrogen (secondary N) is 2. The molecule has 2 rings (SSSR count). The minimum absolute atomic E-state index is 0.187. The van der Waals surface area contributed by atoms with Crippen molar-refractivity contribution in [1.29, 1.82) is 0 Å². The Kier molecular flexibility index (Phi) is 11.4. The highest BCUT2D eigenvalue weighted by atomic mass is 16.6. The highest BCUT2D eigenvalue weighted by Crippen LogP contribution is 2.31. The van der Waals surface area contributed by atoms with Crippen LogP contribution in [0.4, 0.5) is 10.5 Å². The molecule has 4 unspecified atom stereocenters. The van der Waals surface area contributed by atoms with Gasteiger partial charge in [0.05, 0.1) is 0 Å². The second-order valence-corrected chi connectivity index (χ2v) is 12.1. The molecule has 220 valence electrons. The van der Waals surface area contributed by atoms with Crippen molar-refractivity contribution in [2.24, 2.45) is 5.92 Å². The number of anilines is 1. The van der Waals surface area contributed by atoms with Crippen LogP contribution in [0.3, 0.4) is 0 Å². The number of ether oxygens (including phenoxy) is 1. The topological polar surface area (TPSA) is 87.7 Å². The first-order valence-electron chi connectivity index (χ1n) is 14.4. The zero-order valence-corrected chi connectivity index (χ0v) is 26.3. The number of aryl methyl sites for hydroxylation is 4. The van der Waals surface area contributed by atoms with Gasteiger partial charge in [-0.2, -0.15) is 0 Å². The van der Waals surface area contributed by atoms with Gasteiger partial charge in [-0.3, -0.25) is 9.59 Å². The van der Waals surface area contributed by atoms with E-state index in [9.17, 15) is 14.4 Å². The molecular weight excluding hydrogens is 502 g/mol. The highest BCUT2D eigenvalue weighted by molar-refractivity contribution is 6.00. The third-order valence-electron chi connectivity index (χ3n) is 7.29. The zero-order valence-electron chi connectivity index (χ0n) is 26.3. The molecule has 0 aliphatic heterocycles. The molecule has 7 heteroatoms. The summed E-state index contributed by atoms with van der Waals surface area (Å²) < 4.78 is 5.51. The van der Waals surface area contributed by atoms with Gasteiger partial charge in [-0.25, -0.2) is 4.79 Å². The van der Waals surface area contributed by atoms with Gasteiger partial charge in [0.2, 0.25) is 5.91 Å². The lowest BCUT2D eigenvalue weighted by Gasteiger charge is -2.39. The fourth-order valence-corrected chi connectivity index (χ4v) is 4.88. The van der Waals surface area contributed by atoms with Crippen LogP contribution in [-0.4, -0.2) is 40.5 Å². The Morgan fingerprint density at radius 1 is 0.900 bits per heavy atom. The fourth-order valence-electron chi connectivity index (χ4n) is 4.88. The van der Waals surface area contributed by atoms with Crippen molar-refractivity contribution in [2.45, 2.75) is 113 Å². The first-order valence-corrected chi connectivity index (χ1v) is 14.4. The van der Waals surface area contributed by atoms with E-state index in [-0.39, 0.29) is 23.8 Å². The number of nitrogens with zero attached hydrogens (tertiary/aromatic N) is 1. The Morgan fingerprint density at radius 2 is 1.45 bits per heavy atom. The van der Waals surface area contributed by atoms with Crippen LogP contribution in [0.2, 0.25) is 0 Å². The smallest absolute Gasteiger partial charge is 0.408 e. The maximum Gasteiger partial charge on any atom is 0.408 e. The minimum Gasteiger partial charge on any atom is -0.444 e. The lowest BCUT2D eigenvalue weighted by molar-refractivity contribution is -0.144. The number of hydrogen-bond donors (Lipinski definition) is 2. The largest absolute Gasteiger partial charge is 0.444 e. The summed E-state index contributed by atoms with van der Waals surface area (Å²) in [5.74, 6) is -0.792. The van der Waals surface area contributed by atoms with Gasteiger partial charge in [-0.15, -0.1) is 0 Å². The number of carbonyl (C=O) groups is 3. The summed E-state index contributed by atoms with van der Waals surface area (Å²) in [4.78, 5) is 43.3. The van der Waals surface area contributed by atoms with Crippen LogP contribution in [0.5, 0.6) is 0 Å². The standard InChI is InChI=1S/C33H49N3O4/c1-12-22(5)28(35-32(39)40-33(9,10)11)31(38)36(25(8)13-2)29(26-18-20(3)17-21(4)19-26)30(37)34-27-23(6)15-14-16-24(27)7/h14-19,22,25,28-29H,12-13H2,1-11H3,(H,34,37)(H,35,39). The Morgan fingerprint density at radius 3 is 1.93 bits per heavy atom. The van der Waals surface area contributed by atoms with Gasteiger partial charge in [-0.05, 0) is 84.4 Å². The van der Waals surface area contributed by atoms with Crippen LogP contribution in [-0.2, 0) is 14.3 Å². The van der Waals surface area contributed by atoms with Crippen molar-refractivity contribution in [3.63, 3.8) is 0 Å². The molecule has 4 atom stereocenters. The number of para-hydroxylation sites is 1. The summed E-state index contributed by atoms with van der Waals surface area (Å²) >= 11 is 0. The first-order chi connectivity index (χ1) is 18.6. The van der Waals surface area contributed by atoms with Crippen LogP contribution in [0.15, 0.2) is 36.4 Å². The van der Waals surface area contributed by atoms with E-state index >= 15 is 0 Å². The quantitative estimate of drug-likeness (QED) is 0.328. The maximum absolute atomic E-state index is 14.5. The van der Waals surface area contributed by atoms with E-state index in [1.165, 1.54) is 0 Å². The monoisotopic (exact) mass is 551 g/mol. The van der Waals surface area contributed by atoms with Crippen LogP contribution in [0.1, 0.15) is 95.2 Å². The lowest BCUT2D eigenvalue weighted by atomic mass is 9.93. The van der Waals surface area contributed by atoms with E-state index in [1.54, 1.807) is 25.7 Å². The highest BCUT2D eigenvalue weighted by Gasteiger charge is 2.40. The number of benzene rings is 2. The number of hydrogen-bond acceptors (Lipinski definition) is 4. The molecule has 2 N–H and O–H groups in total. The average molecular weight is 552 g/mol. The maximum atomic E-state index is 14.5. The SMILES string of the molecule is CCC(C)C(NC(=O)OC(C)(C)C)C(=O)N(C(C)CC)C(C(=O)Nc1c(C)cccc1C)c1cc(C)cc(C)c1. The number of rotatable bonds is 10. The first kappa shape index (κ1) is 32.9. The van der Waals surface area contributed by atoms with Gasteiger partial charge in [0, 0.05) is 11.7 Å². The molecule has 0 spiro atoms. The summed E-state index contributed by atoms with van der Waals surface area (Å²) in [7, 11) is 0. The molecule has 0 aromatic heterocycles. The molecule has 0 saturated carbocycles. The summed E-state index contributed by atoms with van der Waals surface area (Å²) in [5.41, 5.74) is 4.65. The van der Waals surface area contributed by atoms with E-state index in [4.69, 9.17) is 4.74 Å². The second kappa shape index (κ2) is 13.8. The van der Waals surface area contributed by atoms with Crippen LogP contribution in [0.25, 0.3) is 0 Å². The molecule has 3 amide bonds. The number of amides is 3. The van der Waals surface area contributed by atoms with Crippen molar-refractivity contribution in [1.82, 2.24) is 10.2 Å². The van der Waals surface area contributed by atoms with Crippen molar-refractivity contribution >= 4 is 23.6 Å². The molecule has 0 aliphatic rings. The van der Waals surface area contributed by atoms with Gasteiger partial charge < -0.3 is 20.3 Å². The molecule has 2 aromatic rings. The van der Waals surface area contributed by atoms with E-state index in [1.807, 2.05) is 91.8 Å². The van der Waals surface area contributed by atoms with Crippen LogP contribution >= 0.6 is 0 Å². The summed E-state index contributed by atoms with van der Waals surface area (Å²) in [6, 6.07) is 9.78. The van der Waals surface area contributed by atoms with Crippen molar-refractivity contribution in [2.75, 3.05) is 5.32 Å². The predicted molar refractivity (Wildman–Crippen MR) is 162 cm³/mol. The molecular formula is C33H49N3O4. The average Bonchev–Trinajstić information content (AvgIpc) is 2.84. The van der Waals surface area contributed by atoms with Gasteiger partial charge >= 0.3 is 6.09 Å². The molecule has 40 heavy (non-hydrogen) atoms. The van der Waals surface area contributed by atoms with Crippen LogP contribution < -0.4 is 10.6 Å². The Bertz CT molecular complexity index is 1160. The molecule has 2 aromatic carbocycles. The van der Waals surface area contributed by atoms with Crippen molar-refractivity contribution < 1.29 is 19.1 Å². The Balaban J connectivity index is 2.68. The molecule has 0 bridgehead atoms. The lowest BCUT2D eigenvalue weighted by Crippen LogP contribution is -2.56. The molecule has 0 heterocycles. The van der Waals surface area contributed by atoms with Gasteiger partial charge in [-0.1, -0.05) is 74.7 Å². The number of alkyl carbamates (subject to hydrolysis) is 1. The summed E-state index contributed by atoms with van der Waals surface area (Å²) in [6.45, 7) is 21.1. The number of carbonyl (C=O) groups excluding carboxylic acids is 3. The Hall–Kier alpha value is -3.35. The Labute approximate surface area is 241 Å². The van der Waals surface area contributed by atoms with E-state index in [0.29, 0.717) is 12.8 Å². The van der Waals surface area contributed by atoms with E-state index in [0.717, 1.165) is 33.5 Å². The third-order valence-corrected chi connectivity index (χ3v) is 7.29. The molecule has 7 nitrogen and oxygen atoms in total. The summed E-state index contributed by atoms with van der Waals surface area (Å²) in [5, 5.41) is 5.97. The second-order valence-electron chi connectivity index (χ2n) is 12.1. The minimum atomic E-state index is -0.910. The van der Waals surface area contributed by atoms with Gasteiger partial charge in [0.25, 0.3) is 5.91 Å². The molecule has 0 aliphatic carbocycles. The zero-order chi connectivity index (χ0) is 30.4. The molecule has 0 fully saturated rings. The summed E-state index contributed by atoms with van der Waals surface area (Å²) in [6.07, 6.45) is 0.630. The third kappa shape index (κ3) is 8.57. The molecule has 0 saturated heterocycles. The van der Waals surface area contributed by atoms with Crippen molar-refractivity contribution in [3.8, 4) is 0 Å².